The van der Waals surface area contributed by atoms with Crippen molar-refractivity contribution in [2.24, 2.45) is 0 Å². The van der Waals surface area contributed by atoms with E-state index in [0.29, 0.717) is 43.1 Å². The second-order valence-electron chi connectivity index (χ2n) is 3.57. The molecule has 0 aliphatic rings. The van der Waals surface area contributed by atoms with Crippen LogP contribution in [0.1, 0.15) is 25.3 Å². The molecule has 0 saturated heterocycles. The second-order valence-corrected chi connectivity index (χ2v) is 3.57. The van der Waals surface area contributed by atoms with Crippen LogP contribution in [0.25, 0.3) is 0 Å². The quantitative estimate of drug-likeness (QED) is 0.581. The number of nitrogens with one attached hydrogen (secondary N) is 1. The van der Waals surface area contributed by atoms with E-state index in [1.807, 2.05) is 6.07 Å². The molecule has 0 aliphatic carbocycles. The second kappa shape index (κ2) is 7.12. The molecule has 0 spiro atoms. The van der Waals surface area contributed by atoms with Crippen molar-refractivity contribution in [3.63, 3.8) is 0 Å². The van der Waals surface area contributed by atoms with Crippen molar-refractivity contribution >= 4 is 17.5 Å². The Morgan fingerprint density at radius 1 is 1.67 bits per heavy atom. The summed E-state index contributed by atoms with van der Waals surface area (Å²) in [5.41, 5.74) is 6.46. The number of nitrogens with two attached hydrogens (primary N) is 1. The first kappa shape index (κ1) is 13.8. The average molecular weight is 248 g/mol. The number of pyridine rings is 1. The first-order valence-corrected chi connectivity index (χ1v) is 5.73. The van der Waals surface area contributed by atoms with Gasteiger partial charge in [-0.2, -0.15) is 5.26 Å². The Morgan fingerprint density at radius 3 is 3.11 bits per heavy atom. The molecular formula is C12H16N4O2. The summed E-state index contributed by atoms with van der Waals surface area (Å²) in [6.45, 7) is 2.71. The van der Waals surface area contributed by atoms with E-state index >= 15 is 0 Å². The lowest BCUT2D eigenvalue weighted by Gasteiger charge is -2.08. The summed E-state index contributed by atoms with van der Waals surface area (Å²) in [6.07, 6.45) is 2.48. The van der Waals surface area contributed by atoms with E-state index in [-0.39, 0.29) is 5.97 Å². The van der Waals surface area contributed by atoms with E-state index in [4.69, 9.17) is 15.7 Å². The van der Waals surface area contributed by atoms with Gasteiger partial charge in [0.15, 0.2) is 5.82 Å². The van der Waals surface area contributed by atoms with Gasteiger partial charge in [0.1, 0.15) is 6.07 Å². The lowest BCUT2D eigenvalue weighted by molar-refractivity contribution is -0.143. The highest BCUT2D eigenvalue weighted by Crippen LogP contribution is 2.18. The molecule has 0 fully saturated rings. The zero-order valence-corrected chi connectivity index (χ0v) is 10.3. The van der Waals surface area contributed by atoms with Crippen LogP contribution in [0.4, 0.5) is 11.5 Å². The SMILES string of the molecule is CCOC(=O)CCCNc1nccc(C#N)c1N. The van der Waals surface area contributed by atoms with E-state index in [0.717, 1.165) is 0 Å². The summed E-state index contributed by atoms with van der Waals surface area (Å²) in [5.74, 6) is 0.254. The Balaban J connectivity index is 2.41. The number of hydrogen-bond donors (Lipinski definition) is 2. The van der Waals surface area contributed by atoms with Crippen LogP contribution in [0.5, 0.6) is 0 Å². The van der Waals surface area contributed by atoms with Crippen molar-refractivity contribution in [3.8, 4) is 6.07 Å². The highest BCUT2D eigenvalue weighted by Gasteiger charge is 2.06. The van der Waals surface area contributed by atoms with Crippen molar-refractivity contribution in [1.82, 2.24) is 4.98 Å². The minimum absolute atomic E-state index is 0.217. The Hall–Kier alpha value is -2.29. The number of hydrogen-bond acceptors (Lipinski definition) is 6. The van der Waals surface area contributed by atoms with Gasteiger partial charge in [-0.3, -0.25) is 4.79 Å². The number of nitriles is 1. The summed E-state index contributed by atoms with van der Waals surface area (Å²) in [6, 6.07) is 3.54. The van der Waals surface area contributed by atoms with Crippen molar-refractivity contribution in [2.45, 2.75) is 19.8 Å². The molecule has 0 aliphatic heterocycles. The molecule has 0 atom stereocenters. The zero-order valence-electron chi connectivity index (χ0n) is 10.3. The van der Waals surface area contributed by atoms with Crippen LogP contribution in [-0.2, 0) is 9.53 Å². The van der Waals surface area contributed by atoms with Gasteiger partial charge in [0.05, 0.1) is 17.9 Å². The van der Waals surface area contributed by atoms with Crippen LogP contribution in [0, 0.1) is 11.3 Å². The molecule has 0 amide bonds. The fourth-order valence-corrected chi connectivity index (χ4v) is 1.38. The maximum atomic E-state index is 11.1. The minimum atomic E-state index is -0.217. The van der Waals surface area contributed by atoms with E-state index in [2.05, 4.69) is 10.3 Å². The predicted molar refractivity (Wildman–Crippen MR) is 67.7 cm³/mol. The lowest BCUT2D eigenvalue weighted by Crippen LogP contribution is -2.10. The normalized spacial score (nSPS) is 9.56. The Morgan fingerprint density at radius 2 is 2.44 bits per heavy atom. The van der Waals surface area contributed by atoms with Crippen LogP contribution in [0.15, 0.2) is 12.3 Å². The summed E-state index contributed by atoms with van der Waals surface area (Å²) in [7, 11) is 0. The largest absolute Gasteiger partial charge is 0.466 e. The molecule has 0 saturated carbocycles. The number of ether oxygens (including phenoxy) is 1. The van der Waals surface area contributed by atoms with E-state index in [1.165, 1.54) is 6.20 Å². The first-order valence-electron chi connectivity index (χ1n) is 5.73. The number of anilines is 2. The highest BCUT2D eigenvalue weighted by atomic mass is 16.5. The third-order valence-corrected chi connectivity index (χ3v) is 2.27. The first-order chi connectivity index (χ1) is 8.69. The van der Waals surface area contributed by atoms with E-state index in [9.17, 15) is 4.79 Å². The molecular weight excluding hydrogens is 232 g/mol. The van der Waals surface area contributed by atoms with Crippen molar-refractivity contribution in [3.05, 3.63) is 17.8 Å². The summed E-state index contributed by atoms with van der Waals surface area (Å²) >= 11 is 0. The topological polar surface area (TPSA) is 101 Å². The molecule has 1 aromatic heterocycles. The number of carbonyl (C=O) groups excluding carboxylic acids is 1. The molecule has 0 aromatic carbocycles. The minimum Gasteiger partial charge on any atom is -0.466 e. The standard InChI is InChI=1S/C12H16N4O2/c1-2-18-10(17)4-3-6-15-12-11(14)9(8-13)5-7-16-12/h5,7H,2-4,6,14H2,1H3,(H,15,16). The van der Waals surface area contributed by atoms with E-state index in [1.54, 1.807) is 13.0 Å². The van der Waals surface area contributed by atoms with Gasteiger partial charge in [-0.1, -0.05) is 0 Å². The molecule has 0 radical (unpaired) electrons. The maximum Gasteiger partial charge on any atom is 0.305 e. The Kier molecular flexibility index (Phi) is 5.45. The molecule has 1 aromatic rings. The fourth-order valence-electron chi connectivity index (χ4n) is 1.38. The molecule has 1 rings (SSSR count). The Labute approximate surface area is 106 Å². The van der Waals surface area contributed by atoms with Gasteiger partial charge in [-0.15, -0.1) is 0 Å². The van der Waals surface area contributed by atoms with Gasteiger partial charge in [-0.25, -0.2) is 4.98 Å². The van der Waals surface area contributed by atoms with Crippen LogP contribution < -0.4 is 11.1 Å². The molecule has 3 N–H and O–H groups in total. The van der Waals surface area contributed by atoms with Gasteiger partial charge in [0, 0.05) is 19.2 Å². The molecule has 0 bridgehead atoms. The molecule has 0 unspecified atom stereocenters. The third kappa shape index (κ3) is 3.94. The van der Waals surface area contributed by atoms with Gasteiger partial charge in [0.2, 0.25) is 0 Å². The van der Waals surface area contributed by atoms with Crippen LogP contribution in [0.3, 0.4) is 0 Å². The predicted octanol–water partition coefficient (Wildman–Crippen LogP) is 1.29. The van der Waals surface area contributed by atoms with Gasteiger partial charge >= 0.3 is 5.97 Å². The number of nitrogens with zero attached hydrogens (tertiary/aromatic N) is 2. The summed E-state index contributed by atoms with van der Waals surface area (Å²) < 4.78 is 4.80. The Bertz CT molecular complexity index is 454. The number of aromatic nitrogens is 1. The lowest BCUT2D eigenvalue weighted by atomic mass is 10.2. The maximum absolute atomic E-state index is 11.1. The van der Waals surface area contributed by atoms with E-state index < -0.39 is 0 Å². The monoisotopic (exact) mass is 248 g/mol. The van der Waals surface area contributed by atoms with Crippen LogP contribution in [-0.4, -0.2) is 24.1 Å². The number of carbonyl (C=O) groups is 1. The summed E-state index contributed by atoms with van der Waals surface area (Å²) in [4.78, 5) is 15.1. The average Bonchev–Trinajstić information content (AvgIpc) is 2.36. The smallest absolute Gasteiger partial charge is 0.305 e. The highest BCUT2D eigenvalue weighted by molar-refractivity contribution is 5.70. The number of rotatable bonds is 6. The van der Waals surface area contributed by atoms with Gasteiger partial charge in [-0.05, 0) is 19.4 Å². The zero-order chi connectivity index (χ0) is 13.4. The molecule has 18 heavy (non-hydrogen) atoms. The fraction of sp³-hybridized carbons (Fsp3) is 0.417. The molecule has 6 heteroatoms. The number of esters is 1. The molecule has 96 valence electrons. The van der Waals surface area contributed by atoms with Gasteiger partial charge in [0.25, 0.3) is 0 Å². The van der Waals surface area contributed by atoms with Crippen molar-refractivity contribution in [1.29, 1.82) is 5.26 Å². The molecule has 6 nitrogen and oxygen atoms in total. The van der Waals surface area contributed by atoms with Gasteiger partial charge < -0.3 is 15.8 Å². The van der Waals surface area contributed by atoms with Crippen LogP contribution in [0.2, 0.25) is 0 Å². The summed E-state index contributed by atoms with van der Waals surface area (Å²) in [5, 5.41) is 11.8. The van der Waals surface area contributed by atoms with Crippen molar-refractivity contribution < 1.29 is 9.53 Å². The number of nitrogen functional groups attached to an aromatic ring is 1. The van der Waals surface area contributed by atoms with Crippen molar-refractivity contribution in [2.75, 3.05) is 24.2 Å². The molecule has 1 heterocycles. The van der Waals surface area contributed by atoms with Crippen LogP contribution >= 0.6 is 0 Å². The third-order valence-electron chi connectivity index (χ3n) is 2.27.